The van der Waals surface area contributed by atoms with Crippen LogP contribution in [0.15, 0.2) is 54.6 Å². The molecule has 2 unspecified atom stereocenters. The van der Waals surface area contributed by atoms with Crippen molar-refractivity contribution in [2.75, 3.05) is 25.5 Å². The van der Waals surface area contributed by atoms with Crippen molar-refractivity contribution in [2.24, 2.45) is 11.8 Å². The number of ether oxygens (including phenoxy) is 1. The summed E-state index contributed by atoms with van der Waals surface area (Å²) in [6.45, 7) is 2.24. The smallest absolute Gasteiger partial charge is 0.270 e. The molecule has 0 radical (unpaired) electrons. The Morgan fingerprint density at radius 3 is 2.46 bits per heavy atom. The lowest BCUT2D eigenvalue weighted by Crippen LogP contribution is -2.43. The summed E-state index contributed by atoms with van der Waals surface area (Å²) >= 11 is 0. The number of likely N-dealkylation sites (tertiary alicyclic amines) is 1. The van der Waals surface area contributed by atoms with Gasteiger partial charge in [-0.25, -0.2) is 0 Å². The monoisotopic (exact) mass is 555 g/mol. The largest absolute Gasteiger partial charge is 0.490 e. The molecule has 41 heavy (non-hydrogen) atoms. The number of fused-ring (bicyclic) bond motifs is 1. The van der Waals surface area contributed by atoms with Crippen LogP contribution in [0, 0.1) is 23.2 Å². The van der Waals surface area contributed by atoms with Crippen LogP contribution in [0.5, 0.6) is 5.75 Å². The number of rotatable bonds is 7. The number of H-pyrrole nitrogens is 1. The van der Waals surface area contributed by atoms with E-state index in [0.29, 0.717) is 11.4 Å². The van der Waals surface area contributed by atoms with Crippen molar-refractivity contribution in [3.8, 4) is 11.8 Å². The lowest BCUT2D eigenvalue weighted by atomic mass is 9.88. The van der Waals surface area contributed by atoms with Crippen LogP contribution in [0.25, 0.3) is 10.9 Å². The number of aromatic nitrogens is 1. The highest BCUT2D eigenvalue weighted by Crippen LogP contribution is 2.33. The molecule has 3 amide bonds. The predicted molar refractivity (Wildman–Crippen MR) is 156 cm³/mol. The number of amides is 3. The van der Waals surface area contributed by atoms with Crippen LogP contribution < -0.4 is 10.1 Å². The Labute approximate surface area is 240 Å². The fraction of sp³-hybridized carbons (Fsp3) is 0.438. The maximum Gasteiger partial charge on any atom is 0.270 e. The van der Waals surface area contributed by atoms with Gasteiger partial charge in [-0.05, 0) is 55.5 Å². The fourth-order valence-electron chi connectivity index (χ4n) is 5.08. The Morgan fingerprint density at radius 1 is 1.10 bits per heavy atom. The van der Waals surface area contributed by atoms with Gasteiger partial charge in [-0.3, -0.25) is 14.4 Å². The number of carbonyl (C=O) groups excluding carboxylic acids is 3. The molecule has 9 nitrogen and oxygen atoms in total. The summed E-state index contributed by atoms with van der Waals surface area (Å²) in [6, 6.07) is 17.8. The summed E-state index contributed by atoms with van der Waals surface area (Å²) in [5, 5.41) is 13.3. The van der Waals surface area contributed by atoms with Gasteiger partial charge in [0.15, 0.2) is 0 Å². The second-order valence-electron chi connectivity index (χ2n) is 11.4. The van der Waals surface area contributed by atoms with Gasteiger partial charge in [0.1, 0.15) is 17.5 Å². The molecule has 2 aromatic carbocycles. The molecule has 0 bridgehead atoms. The van der Waals surface area contributed by atoms with Gasteiger partial charge in [0.2, 0.25) is 11.8 Å². The zero-order chi connectivity index (χ0) is 28.9. The normalized spacial score (nSPS) is 19.9. The minimum absolute atomic E-state index is 0.131. The molecule has 3 aromatic rings. The molecule has 3 fully saturated rings. The standard InChI is InChI=1S/C27H27N5O4.C5H10/c1-31(27(35)23-13-21-22(30-23)8-5-9-24(21)36-20-10-11-20)16-25(33)32-15-17(12-19(32)14-28)26(34)29-18-6-3-2-4-7-18;1-5-3-2-4-5/h2-9,13,17,19-20,30H,10-12,15-16H2,1H3,(H,29,34);5H,2-4H2,1H3. The van der Waals surface area contributed by atoms with Crippen LogP contribution in [0.3, 0.4) is 0 Å². The first-order valence-corrected chi connectivity index (χ1v) is 14.4. The predicted octanol–water partition coefficient (Wildman–Crippen LogP) is 4.97. The van der Waals surface area contributed by atoms with Gasteiger partial charge in [-0.2, -0.15) is 5.26 Å². The molecule has 214 valence electrons. The molecule has 1 aliphatic heterocycles. The van der Waals surface area contributed by atoms with Crippen molar-refractivity contribution in [3.05, 3.63) is 60.3 Å². The lowest BCUT2D eigenvalue weighted by molar-refractivity contribution is -0.131. The molecule has 2 atom stereocenters. The summed E-state index contributed by atoms with van der Waals surface area (Å²) in [5.74, 6) is 0.346. The summed E-state index contributed by atoms with van der Waals surface area (Å²) in [4.78, 5) is 44.7. The topological polar surface area (TPSA) is 119 Å². The first-order valence-electron chi connectivity index (χ1n) is 14.4. The molecule has 6 rings (SSSR count). The van der Waals surface area contributed by atoms with E-state index in [1.54, 1.807) is 25.2 Å². The van der Waals surface area contributed by atoms with E-state index in [2.05, 4.69) is 23.3 Å². The van der Waals surface area contributed by atoms with Gasteiger partial charge < -0.3 is 24.8 Å². The average molecular weight is 556 g/mol. The van der Waals surface area contributed by atoms with E-state index in [4.69, 9.17) is 4.74 Å². The van der Waals surface area contributed by atoms with Crippen LogP contribution in [-0.4, -0.2) is 64.8 Å². The first kappa shape index (κ1) is 28.2. The fourth-order valence-corrected chi connectivity index (χ4v) is 5.08. The Balaban J connectivity index is 0.000000610. The number of hydrogen-bond donors (Lipinski definition) is 2. The number of nitriles is 1. The van der Waals surface area contributed by atoms with E-state index in [-0.39, 0.29) is 43.3 Å². The first-order chi connectivity index (χ1) is 19.8. The van der Waals surface area contributed by atoms with Crippen molar-refractivity contribution in [1.29, 1.82) is 5.26 Å². The minimum atomic E-state index is -0.720. The van der Waals surface area contributed by atoms with Crippen molar-refractivity contribution < 1.29 is 19.1 Å². The molecule has 9 heteroatoms. The quantitative estimate of drug-likeness (QED) is 0.427. The third-order valence-corrected chi connectivity index (χ3v) is 7.97. The van der Waals surface area contributed by atoms with E-state index < -0.39 is 12.0 Å². The summed E-state index contributed by atoms with van der Waals surface area (Å²) in [7, 11) is 1.55. The highest BCUT2D eigenvalue weighted by molar-refractivity contribution is 6.01. The zero-order valence-corrected chi connectivity index (χ0v) is 23.6. The number of aromatic amines is 1. The van der Waals surface area contributed by atoms with Crippen molar-refractivity contribution in [3.63, 3.8) is 0 Å². The van der Waals surface area contributed by atoms with Crippen molar-refractivity contribution in [2.45, 2.75) is 57.6 Å². The molecule has 2 N–H and O–H groups in total. The number of likely N-dealkylation sites (N-methyl/N-ethyl adjacent to an activating group) is 1. The van der Waals surface area contributed by atoms with E-state index >= 15 is 0 Å². The second kappa shape index (κ2) is 12.5. The maximum absolute atomic E-state index is 13.1. The Bertz CT molecular complexity index is 1440. The maximum atomic E-state index is 13.1. The van der Waals surface area contributed by atoms with Crippen molar-refractivity contribution in [1.82, 2.24) is 14.8 Å². The number of hydrogen-bond acceptors (Lipinski definition) is 5. The Kier molecular flexibility index (Phi) is 8.58. The zero-order valence-electron chi connectivity index (χ0n) is 23.6. The summed E-state index contributed by atoms with van der Waals surface area (Å²) in [6.07, 6.45) is 7.02. The molecular weight excluding hydrogens is 518 g/mol. The minimum Gasteiger partial charge on any atom is -0.490 e. The van der Waals surface area contributed by atoms with Crippen LogP contribution in [0.4, 0.5) is 5.69 Å². The highest BCUT2D eigenvalue weighted by Gasteiger charge is 2.39. The van der Waals surface area contributed by atoms with E-state index in [1.807, 2.05) is 36.4 Å². The lowest BCUT2D eigenvalue weighted by Gasteiger charge is -2.23. The number of nitrogens with zero attached hydrogens (tertiary/aromatic N) is 3. The number of anilines is 1. The number of carbonyl (C=O) groups is 3. The van der Waals surface area contributed by atoms with Gasteiger partial charge in [-0.1, -0.05) is 50.5 Å². The third kappa shape index (κ3) is 6.88. The van der Waals surface area contributed by atoms with Crippen LogP contribution in [0.1, 0.15) is 55.9 Å². The van der Waals surface area contributed by atoms with Crippen LogP contribution >= 0.6 is 0 Å². The molecular formula is C32H37N5O4. The van der Waals surface area contributed by atoms with E-state index in [0.717, 1.165) is 35.4 Å². The number of benzene rings is 2. The molecule has 1 aromatic heterocycles. The molecule has 2 saturated carbocycles. The van der Waals surface area contributed by atoms with Gasteiger partial charge >= 0.3 is 0 Å². The van der Waals surface area contributed by atoms with Gasteiger partial charge in [0.25, 0.3) is 5.91 Å². The molecule has 1 saturated heterocycles. The Hall–Kier alpha value is -4.32. The van der Waals surface area contributed by atoms with Crippen LogP contribution in [-0.2, 0) is 9.59 Å². The summed E-state index contributed by atoms with van der Waals surface area (Å²) < 4.78 is 5.95. The second-order valence-corrected chi connectivity index (χ2v) is 11.4. The van der Waals surface area contributed by atoms with Gasteiger partial charge in [0, 0.05) is 30.2 Å². The Morgan fingerprint density at radius 2 is 1.83 bits per heavy atom. The SMILES string of the molecule is CC1CCC1.CN(CC(=O)N1CC(C(=O)Nc2ccccc2)CC1C#N)C(=O)c1cc2c(OC3CC3)cccc2[nH]1. The summed E-state index contributed by atoms with van der Waals surface area (Å²) in [5.41, 5.74) is 1.80. The van der Waals surface area contributed by atoms with Gasteiger partial charge in [0.05, 0.1) is 24.6 Å². The van der Waals surface area contributed by atoms with E-state index in [1.165, 1.54) is 29.1 Å². The average Bonchev–Trinajstić information content (AvgIpc) is 3.48. The van der Waals surface area contributed by atoms with Crippen molar-refractivity contribution >= 4 is 34.3 Å². The van der Waals surface area contributed by atoms with Crippen LogP contribution in [0.2, 0.25) is 0 Å². The molecule has 3 aliphatic rings. The molecule has 2 heterocycles. The number of para-hydroxylation sites is 1. The van der Waals surface area contributed by atoms with Gasteiger partial charge in [-0.15, -0.1) is 0 Å². The molecule has 0 spiro atoms. The third-order valence-electron chi connectivity index (χ3n) is 7.97. The molecule has 2 aliphatic carbocycles. The van der Waals surface area contributed by atoms with E-state index in [9.17, 15) is 19.6 Å². The highest BCUT2D eigenvalue weighted by atomic mass is 16.5. The number of nitrogens with one attached hydrogen (secondary N) is 2.